The molecule has 3 N–H and O–H groups in total. The van der Waals surface area contributed by atoms with Gasteiger partial charge in [-0.1, -0.05) is 13.8 Å². The SMILES string of the molecule is CC(C)c1ccnc(NC(N)=S)c1. The molecule has 0 saturated carbocycles. The molecule has 13 heavy (non-hydrogen) atoms. The van der Waals surface area contributed by atoms with Crippen LogP contribution in [0.3, 0.4) is 0 Å². The second-order valence-electron chi connectivity index (χ2n) is 3.12. The zero-order chi connectivity index (χ0) is 9.84. The van der Waals surface area contributed by atoms with Gasteiger partial charge in [-0.15, -0.1) is 0 Å². The van der Waals surface area contributed by atoms with Crippen LogP contribution in [0.2, 0.25) is 0 Å². The lowest BCUT2D eigenvalue weighted by Gasteiger charge is -2.07. The molecule has 3 nitrogen and oxygen atoms in total. The number of hydrogen-bond donors (Lipinski definition) is 2. The van der Waals surface area contributed by atoms with Gasteiger partial charge in [0.15, 0.2) is 5.11 Å². The Kier molecular flexibility index (Phi) is 3.19. The van der Waals surface area contributed by atoms with Crippen LogP contribution in [0.5, 0.6) is 0 Å². The zero-order valence-electron chi connectivity index (χ0n) is 7.74. The summed E-state index contributed by atoms with van der Waals surface area (Å²) in [5.41, 5.74) is 6.55. The zero-order valence-corrected chi connectivity index (χ0v) is 8.56. The molecule has 0 aliphatic carbocycles. The van der Waals surface area contributed by atoms with Gasteiger partial charge in [-0.25, -0.2) is 4.98 Å². The number of rotatable bonds is 2. The molecule has 0 fully saturated rings. The molecule has 0 bridgehead atoms. The summed E-state index contributed by atoms with van der Waals surface area (Å²) in [6.45, 7) is 4.25. The van der Waals surface area contributed by atoms with Gasteiger partial charge in [0, 0.05) is 6.20 Å². The highest BCUT2D eigenvalue weighted by atomic mass is 32.1. The van der Waals surface area contributed by atoms with Crippen LogP contribution in [-0.2, 0) is 0 Å². The molecule has 0 spiro atoms. The molecule has 1 aromatic heterocycles. The first-order valence-electron chi connectivity index (χ1n) is 4.12. The molecule has 0 saturated heterocycles. The van der Waals surface area contributed by atoms with E-state index >= 15 is 0 Å². The standard InChI is InChI=1S/C9H13N3S/c1-6(2)7-3-4-11-8(5-7)12-9(10)13/h3-6H,1-2H3,(H3,10,11,12,13). The third-order valence-electron chi connectivity index (χ3n) is 1.70. The monoisotopic (exact) mass is 195 g/mol. The Morgan fingerprint density at radius 2 is 2.31 bits per heavy atom. The van der Waals surface area contributed by atoms with Crippen molar-refractivity contribution < 1.29 is 0 Å². The Morgan fingerprint density at radius 3 is 2.85 bits per heavy atom. The topological polar surface area (TPSA) is 50.9 Å². The molecule has 70 valence electrons. The van der Waals surface area contributed by atoms with Crippen molar-refractivity contribution in [3.63, 3.8) is 0 Å². The molecular weight excluding hydrogens is 182 g/mol. The molecule has 0 unspecified atom stereocenters. The number of anilines is 1. The summed E-state index contributed by atoms with van der Waals surface area (Å²) in [4.78, 5) is 4.08. The number of nitrogens with one attached hydrogen (secondary N) is 1. The van der Waals surface area contributed by atoms with Crippen LogP contribution in [-0.4, -0.2) is 10.1 Å². The van der Waals surface area contributed by atoms with Gasteiger partial charge in [0.2, 0.25) is 0 Å². The van der Waals surface area contributed by atoms with E-state index in [1.54, 1.807) is 6.20 Å². The van der Waals surface area contributed by atoms with E-state index in [4.69, 9.17) is 18.0 Å². The van der Waals surface area contributed by atoms with Gasteiger partial charge < -0.3 is 11.1 Å². The van der Waals surface area contributed by atoms with Gasteiger partial charge >= 0.3 is 0 Å². The molecule has 0 aliphatic rings. The van der Waals surface area contributed by atoms with Crippen LogP contribution < -0.4 is 11.1 Å². The largest absolute Gasteiger partial charge is 0.376 e. The van der Waals surface area contributed by atoms with E-state index < -0.39 is 0 Å². The minimum absolute atomic E-state index is 0.244. The first-order valence-corrected chi connectivity index (χ1v) is 4.53. The highest BCUT2D eigenvalue weighted by Crippen LogP contribution is 2.15. The summed E-state index contributed by atoms with van der Waals surface area (Å²) < 4.78 is 0. The number of thiocarbonyl (C=S) groups is 1. The average Bonchev–Trinajstić information content (AvgIpc) is 2.03. The number of nitrogens with zero attached hydrogens (tertiary/aromatic N) is 1. The molecule has 0 atom stereocenters. The van der Waals surface area contributed by atoms with E-state index in [-0.39, 0.29) is 5.11 Å². The summed E-state index contributed by atoms with van der Waals surface area (Å²) in [6, 6.07) is 3.93. The van der Waals surface area contributed by atoms with E-state index in [2.05, 4.69) is 24.1 Å². The fourth-order valence-corrected chi connectivity index (χ4v) is 1.11. The molecular formula is C9H13N3S. The van der Waals surface area contributed by atoms with Crippen molar-refractivity contribution in [3.05, 3.63) is 23.9 Å². The van der Waals surface area contributed by atoms with Crippen LogP contribution in [0, 0.1) is 0 Å². The highest BCUT2D eigenvalue weighted by Gasteiger charge is 2.00. The minimum atomic E-state index is 0.244. The molecule has 4 heteroatoms. The van der Waals surface area contributed by atoms with Crippen molar-refractivity contribution in [1.82, 2.24) is 4.98 Å². The third kappa shape index (κ3) is 2.99. The van der Waals surface area contributed by atoms with Gasteiger partial charge in [0.05, 0.1) is 0 Å². The second kappa shape index (κ2) is 4.18. The summed E-state index contributed by atoms with van der Waals surface area (Å²) >= 11 is 4.71. The van der Waals surface area contributed by atoms with Crippen LogP contribution >= 0.6 is 12.2 Å². The van der Waals surface area contributed by atoms with Gasteiger partial charge in [0.25, 0.3) is 0 Å². The first-order chi connectivity index (χ1) is 6.09. The number of pyridine rings is 1. The van der Waals surface area contributed by atoms with Crippen molar-refractivity contribution in [2.45, 2.75) is 19.8 Å². The normalized spacial score (nSPS) is 10.1. The van der Waals surface area contributed by atoms with E-state index in [1.807, 2.05) is 12.1 Å². The summed E-state index contributed by atoms with van der Waals surface area (Å²) in [5, 5.41) is 3.04. The Morgan fingerprint density at radius 1 is 1.62 bits per heavy atom. The van der Waals surface area contributed by atoms with Crippen molar-refractivity contribution in [2.75, 3.05) is 5.32 Å². The van der Waals surface area contributed by atoms with E-state index in [0.29, 0.717) is 11.7 Å². The molecule has 1 aromatic rings. The molecule has 0 aromatic carbocycles. The molecule has 0 radical (unpaired) electrons. The lowest BCUT2D eigenvalue weighted by atomic mass is 10.1. The Hall–Kier alpha value is -1.16. The fraction of sp³-hybridized carbons (Fsp3) is 0.333. The average molecular weight is 195 g/mol. The fourth-order valence-electron chi connectivity index (χ4n) is 1.00. The second-order valence-corrected chi connectivity index (χ2v) is 3.56. The Labute approximate surface area is 83.4 Å². The van der Waals surface area contributed by atoms with Crippen LogP contribution in [0.25, 0.3) is 0 Å². The van der Waals surface area contributed by atoms with E-state index in [1.165, 1.54) is 5.56 Å². The van der Waals surface area contributed by atoms with Crippen molar-refractivity contribution in [2.24, 2.45) is 5.73 Å². The summed E-state index contributed by atoms with van der Waals surface area (Å²) in [7, 11) is 0. The van der Waals surface area contributed by atoms with Crippen molar-refractivity contribution in [3.8, 4) is 0 Å². The summed E-state index contributed by atoms with van der Waals surface area (Å²) in [6.07, 6.45) is 1.75. The van der Waals surface area contributed by atoms with Crippen LogP contribution in [0.4, 0.5) is 5.82 Å². The quantitative estimate of drug-likeness (QED) is 0.707. The lowest BCUT2D eigenvalue weighted by Crippen LogP contribution is -2.19. The predicted molar refractivity (Wildman–Crippen MR) is 58.7 cm³/mol. The van der Waals surface area contributed by atoms with E-state index in [0.717, 1.165) is 0 Å². The van der Waals surface area contributed by atoms with Gasteiger partial charge in [0.1, 0.15) is 5.82 Å². The first kappa shape index (κ1) is 9.92. The van der Waals surface area contributed by atoms with Crippen molar-refractivity contribution >= 4 is 23.1 Å². The lowest BCUT2D eigenvalue weighted by molar-refractivity contribution is 0.864. The Balaban J connectivity index is 2.85. The maximum absolute atomic E-state index is 5.33. The molecule has 1 heterocycles. The molecule has 0 amide bonds. The number of aromatic nitrogens is 1. The molecule has 1 rings (SSSR count). The third-order valence-corrected chi connectivity index (χ3v) is 1.80. The summed E-state index contributed by atoms with van der Waals surface area (Å²) in [5.74, 6) is 1.19. The maximum atomic E-state index is 5.33. The highest BCUT2D eigenvalue weighted by molar-refractivity contribution is 7.80. The minimum Gasteiger partial charge on any atom is -0.376 e. The van der Waals surface area contributed by atoms with Crippen molar-refractivity contribution in [1.29, 1.82) is 0 Å². The number of nitrogens with two attached hydrogens (primary N) is 1. The maximum Gasteiger partial charge on any atom is 0.169 e. The predicted octanol–water partition coefficient (Wildman–Crippen LogP) is 1.86. The van der Waals surface area contributed by atoms with Gasteiger partial charge in [-0.3, -0.25) is 0 Å². The Bertz CT molecular complexity index is 309. The van der Waals surface area contributed by atoms with Gasteiger partial charge in [-0.05, 0) is 35.8 Å². The smallest absolute Gasteiger partial charge is 0.169 e. The molecule has 0 aliphatic heterocycles. The van der Waals surface area contributed by atoms with Gasteiger partial charge in [-0.2, -0.15) is 0 Å². The van der Waals surface area contributed by atoms with Crippen LogP contribution in [0.1, 0.15) is 25.3 Å². The van der Waals surface area contributed by atoms with Crippen LogP contribution in [0.15, 0.2) is 18.3 Å². The van der Waals surface area contributed by atoms with E-state index in [9.17, 15) is 0 Å². The number of hydrogen-bond acceptors (Lipinski definition) is 2.